The first-order valence-electron chi connectivity index (χ1n) is 8.78. The van der Waals surface area contributed by atoms with Crippen molar-refractivity contribution in [3.8, 4) is 0 Å². The van der Waals surface area contributed by atoms with E-state index in [1.54, 1.807) is 13.2 Å². The lowest BCUT2D eigenvalue weighted by molar-refractivity contribution is -0.137. The Hall–Kier alpha value is -1.49. The average Bonchev–Trinajstić information content (AvgIpc) is 2.97. The van der Waals surface area contributed by atoms with E-state index in [-0.39, 0.29) is 17.4 Å². The molecule has 1 spiro atoms. The minimum absolute atomic E-state index is 0.0977. The van der Waals surface area contributed by atoms with Gasteiger partial charge in [0.15, 0.2) is 11.6 Å². The molecule has 1 amide bonds. The maximum absolute atomic E-state index is 13.3. The highest BCUT2D eigenvalue weighted by atomic mass is 19.2. The molecular weight excluding hydrogens is 312 g/mol. The summed E-state index contributed by atoms with van der Waals surface area (Å²) in [6.07, 6.45) is 6.52. The summed E-state index contributed by atoms with van der Waals surface area (Å²) in [7, 11) is 1.77. The Morgan fingerprint density at radius 3 is 2.83 bits per heavy atom. The first-order valence-corrected chi connectivity index (χ1v) is 8.78. The number of rotatable bonds is 4. The van der Waals surface area contributed by atoms with E-state index in [0.29, 0.717) is 18.4 Å². The lowest BCUT2D eigenvalue weighted by atomic mass is 9.76. The fourth-order valence-electron chi connectivity index (χ4n) is 4.42. The van der Waals surface area contributed by atoms with Crippen molar-refractivity contribution in [3.05, 3.63) is 35.4 Å². The Balaban J connectivity index is 1.59. The summed E-state index contributed by atoms with van der Waals surface area (Å²) in [5.41, 5.74) is 0.773. The van der Waals surface area contributed by atoms with Crippen LogP contribution < -0.4 is 0 Å². The van der Waals surface area contributed by atoms with Gasteiger partial charge in [0.1, 0.15) is 0 Å². The lowest BCUT2D eigenvalue weighted by Crippen LogP contribution is -2.49. The Kier molecular flexibility index (Phi) is 5.18. The zero-order valence-corrected chi connectivity index (χ0v) is 14.2. The SMILES string of the molecule is CO[C@@H]1CCC[C@@]12CCCN(C(=O)CCc1ccc(F)c(F)c1)C2. The third-order valence-electron chi connectivity index (χ3n) is 5.68. The molecule has 1 saturated heterocycles. The van der Waals surface area contributed by atoms with Crippen LogP contribution in [-0.4, -0.2) is 37.1 Å². The zero-order valence-electron chi connectivity index (χ0n) is 14.2. The fourth-order valence-corrected chi connectivity index (χ4v) is 4.42. The van der Waals surface area contributed by atoms with E-state index < -0.39 is 11.6 Å². The van der Waals surface area contributed by atoms with Gasteiger partial charge < -0.3 is 9.64 Å². The van der Waals surface area contributed by atoms with Gasteiger partial charge in [-0.2, -0.15) is 0 Å². The number of ether oxygens (including phenoxy) is 1. The van der Waals surface area contributed by atoms with E-state index in [4.69, 9.17) is 4.74 Å². The maximum atomic E-state index is 13.3. The van der Waals surface area contributed by atoms with Crippen molar-refractivity contribution in [2.75, 3.05) is 20.2 Å². The molecule has 2 atom stereocenters. The number of nitrogens with zero attached hydrogens (tertiary/aromatic N) is 1. The third kappa shape index (κ3) is 3.46. The minimum Gasteiger partial charge on any atom is -0.381 e. The molecule has 1 aromatic carbocycles. The van der Waals surface area contributed by atoms with Crippen molar-refractivity contribution in [2.24, 2.45) is 5.41 Å². The van der Waals surface area contributed by atoms with E-state index in [1.165, 1.54) is 6.07 Å². The number of carbonyl (C=O) groups excluding carboxylic acids is 1. The number of amides is 1. The number of benzene rings is 1. The molecule has 1 heterocycles. The summed E-state index contributed by atoms with van der Waals surface area (Å²) in [6, 6.07) is 3.84. The predicted molar refractivity (Wildman–Crippen MR) is 87.6 cm³/mol. The van der Waals surface area contributed by atoms with Crippen LogP contribution in [0.4, 0.5) is 8.78 Å². The van der Waals surface area contributed by atoms with Crippen LogP contribution in [0.3, 0.4) is 0 Å². The number of methoxy groups -OCH3 is 1. The van der Waals surface area contributed by atoms with Crippen LogP contribution in [0.5, 0.6) is 0 Å². The molecule has 1 aliphatic carbocycles. The van der Waals surface area contributed by atoms with Crippen LogP contribution >= 0.6 is 0 Å². The number of aryl methyl sites for hydroxylation is 1. The van der Waals surface area contributed by atoms with Crippen LogP contribution in [0.2, 0.25) is 0 Å². The number of halogens is 2. The second-order valence-electron chi connectivity index (χ2n) is 7.15. The average molecular weight is 337 g/mol. The Bertz CT molecular complexity index is 607. The van der Waals surface area contributed by atoms with Gasteiger partial charge in [0.25, 0.3) is 0 Å². The van der Waals surface area contributed by atoms with Gasteiger partial charge >= 0.3 is 0 Å². The minimum atomic E-state index is -0.856. The fraction of sp³-hybridized carbons (Fsp3) is 0.632. The normalized spacial score (nSPS) is 27.0. The maximum Gasteiger partial charge on any atom is 0.222 e. The van der Waals surface area contributed by atoms with Crippen molar-refractivity contribution in [1.82, 2.24) is 4.90 Å². The Morgan fingerprint density at radius 2 is 2.08 bits per heavy atom. The van der Waals surface area contributed by atoms with Crippen molar-refractivity contribution in [2.45, 2.75) is 51.0 Å². The number of hydrogen-bond donors (Lipinski definition) is 0. The lowest BCUT2D eigenvalue weighted by Gasteiger charge is -2.43. The van der Waals surface area contributed by atoms with Crippen LogP contribution in [0.15, 0.2) is 18.2 Å². The summed E-state index contributed by atoms with van der Waals surface area (Å²) in [4.78, 5) is 14.5. The van der Waals surface area contributed by atoms with Crippen LogP contribution in [0, 0.1) is 17.0 Å². The molecule has 3 nitrogen and oxygen atoms in total. The second-order valence-corrected chi connectivity index (χ2v) is 7.15. The molecule has 0 aromatic heterocycles. The number of likely N-dealkylation sites (tertiary alicyclic amines) is 1. The van der Waals surface area contributed by atoms with Crippen LogP contribution in [-0.2, 0) is 16.0 Å². The monoisotopic (exact) mass is 337 g/mol. The summed E-state index contributed by atoms with van der Waals surface area (Å²) >= 11 is 0. The van der Waals surface area contributed by atoms with Gasteiger partial charge in [-0.15, -0.1) is 0 Å². The van der Waals surface area contributed by atoms with E-state index in [1.807, 2.05) is 4.90 Å². The largest absolute Gasteiger partial charge is 0.381 e. The van der Waals surface area contributed by atoms with Gasteiger partial charge in [0.2, 0.25) is 5.91 Å². The van der Waals surface area contributed by atoms with Crippen molar-refractivity contribution in [1.29, 1.82) is 0 Å². The molecule has 24 heavy (non-hydrogen) atoms. The quantitative estimate of drug-likeness (QED) is 0.838. The summed E-state index contributed by atoms with van der Waals surface area (Å²) < 4.78 is 31.9. The Labute approximate surface area is 142 Å². The summed E-state index contributed by atoms with van der Waals surface area (Å²) in [5, 5.41) is 0. The second kappa shape index (κ2) is 7.18. The molecule has 2 aliphatic rings. The molecule has 1 aliphatic heterocycles. The van der Waals surface area contributed by atoms with Gasteiger partial charge in [0.05, 0.1) is 6.10 Å². The predicted octanol–water partition coefficient (Wildman–Crippen LogP) is 3.71. The molecule has 1 saturated carbocycles. The molecule has 1 aromatic rings. The van der Waals surface area contributed by atoms with Crippen LogP contribution in [0.1, 0.15) is 44.1 Å². The molecular formula is C19H25F2NO2. The number of piperidine rings is 1. The molecule has 0 unspecified atom stereocenters. The van der Waals surface area contributed by atoms with E-state index in [2.05, 4.69) is 0 Å². The third-order valence-corrected chi connectivity index (χ3v) is 5.68. The van der Waals surface area contributed by atoms with E-state index >= 15 is 0 Å². The molecule has 132 valence electrons. The Morgan fingerprint density at radius 1 is 1.29 bits per heavy atom. The van der Waals surface area contributed by atoms with Gasteiger partial charge in [-0.1, -0.05) is 12.5 Å². The molecule has 0 radical (unpaired) electrons. The van der Waals surface area contributed by atoms with Gasteiger partial charge in [-0.3, -0.25) is 4.79 Å². The van der Waals surface area contributed by atoms with Gasteiger partial charge in [-0.05, 0) is 49.8 Å². The molecule has 3 rings (SSSR count). The highest BCUT2D eigenvalue weighted by molar-refractivity contribution is 5.76. The van der Waals surface area contributed by atoms with E-state index in [0.717, 1.165) is 51.3 Å². The zero-order chi connectivity index (χ0) is 17.2. The number of hydrogen-bond acceptors (Lipinski definition) is 2. The van der Waals surface area contributed by atoms with Gasteiger partial charge in [-0.25, -0.2) is 8.78 Å². The number of carbonyl (C=O) groups is 1. The van der Waals surface area contributed by atoms with Crippen molar-refractivity contribution < 1.29 is 18.3 Å². The molecule has 0 N–H and O–H groups in total. The van der Waals surface area contributed by atoms with Crippen molar-refractivity contribution in [3.63, 3.8) is 0 Å². The van der Waals surface area contributed by atoms with Crippen molar-refractivity contribution >= 4 is 5.91 Å². The highest BCUT2D eigenvalue weighted by Gasteiger charge is 2.46. The first-order chi connectivity index (χ1) is 11.5. The molecule has 2 fully saturated rings. The smallest absolute Gasteiger partial charge is 0.222 e. The molecule has 5 heteroatoms. The first kappa shape index (κ1) is 17.3. The summed E-state index contributed by atoms with van der Waals surface area (Å²) in [5.74, 6) is -1.61. The van der Waals surface area contributed by atoms with E-state index in [9.17, 15) is 13.6 Å². The van der Waals surface area contributed by atoms with Crippen LogP contribution in [0.25, 0.3) is 0 Å². The van der Waals surface area contributed by atoms with Gasteiger partial charge in [0, 0.05) is 32.0 Å². The standard InChI is InChI=1S/C19H25F2NO2/c1-24-17-4-2-9-19(17)10-3-11-22(13-19)18(23)8-6-14-5-7-15(20)16(21)12-14/h5,7,12,17H,2-4,6,8-11,13H2,1H3/t17-,19+/m1/s1. The summed E-state index contributed by atoms with van der Waals surface area (Å²) in [6.45, 7) is 1.55. The molecule has 0 bridgehead atoms. The topological polar surface area (TPSA) is 29.5 Å². The highest BCUT2D eigenvalue weighted by Crippen LogP contribution is 2.46.